The Hall–Kier alpha value is -2.48. The van der Waals surface area contributed by atoms with Gasteiger partial charge in [-0.05, 0) is 30.8 Å². The Balaban J connectivity index is 1.74. The van der Waals surface area contributed by atoms with Crippen molar-refractivity contribution in [3.63, 3.8) is 0 Å². The van der Waals surface area contributed by atoms with Gasteiger partial charge >= 0.3 is 0 Å². The number of anilines is 1. The number of aryl methyl sites for hydroxylation is 1. The molecule has 1 heterocycles. The van der Waals surface area contributed by atoms with Crippen molar-refractivity contribution in [2.24, 2.45) is 0 Å². The van der Waals surface area contributed by atoms with Gasteiger partial charge in [-0.15, -0.1) is 0 Å². The number of nitro groups is 1. The molecular formula is C13H15N5O2S. The second-order valence-electron chi connectivity index (χ2n) is 4.31. The number of nitro benzene ring substituents is 1. The fourth-order valence-electron chi connectivity index (χ4n) is 1.75. The van der Waals surface area contributed by atoms with Gasteiger partial charge in [-0.2, -0.15) is 5.10 Å². The van der Waals surface area contributed by atoms with Crippen LogP contribution in [0.5, 0.6) is 0 Å². The summed E-state index contributed by atoms with van der Waals surface area (Å²) in [5.74, 6) is 0. The Morgan fingerprint density at radius 3 is 3.00 bits per heavy atom. The van der Waals surface area contributed by atoms with Crippen LogP contribution in [0.15, 0.2) is 42.7 Å². The minimum Gasteiger partial charge on any atom is -0.362 e. The number of hydrogen-bond acceptors (Lipinski definition) is 4. The average Bonchev–Trinajstić information content (AvgIpc) is 2.97. The van der Waals surface area contributed by atoms with Crippen molar-refractivity contribution >= 4 is 28.7 Å². The first kappa shape index (κ1) is 14.9. The lowest BCUT2D eigenvalue weighted by atomic mass is 10.3. The van der Waals surface area contributed by atoms with Crippen molar-refractivity contribution in [2.75, 3.05) is 11.9 Å². The van der Waals surface area contributed by atoms with E-state index in [1.54, 1.807) is 18.3 Å². The van der Waals surface area contributed by atoms with E-state index in [9.17, 15) is 10.1 Å². The molecule has 2 N–H and O–H groups in total. The maximum atomic E-state index is 10.7. The summed E-state index contributed by atoms with van der Waals surface area (Å²) in [6.45, 7) is 1.50. The van der Waals surface area contributed by atoms with Gasteiger partial charge in [-0.1, -0.05) is 6.07 Å². The Morgan fingerprint density at radius 2 is 2.29 bits per heavy atom. The zero-order valence-electron chi connectivity index (χ0n) is 11.2. The highest BCUT2D eigenvalue weighted by Crippen LogP contribution is 2.16. The number of rotatable bonds is 6. The van der Waals surface area contributed by atoms with Gasteiger partial charge in [-0.25, -0.2) is 0 Å². The van der Waals surface area contributed by atoms with E-state index in [4.69, 9.17) is 12.2 Å². The molecule has 1 aromatic carbocycles. The molecule has 0 aliphatic rings. The van der Waals surface area contributed by atoms with E-state index in [-0.39, 0.29) is 5.69 Å². The summed E-state index contributed by atoms with van der Waals surface area (Å²) >= 11 is 5.14. The van der Waals surface area contributed by atoms with Crippen LogP contribution in [0.1, 0.15) is 6.42 Å². The normalized spacial score (nSPS) is 10.1. The third kappa shape index (κ3) is 4.84. The Morgan fingerprint density at radius 1 is 1.43 bits per heavy atom. The van der Waals surface area contributed by atoms with E-state index >= 15 is 0 Å². The number of hydrogen-bond donors (Lipinski definition) is 2. The van der Waals surface area contributed by atoms with Crippen LogP contribution in [0.4, 0.5) is 11.4 Å². The number of benzene rings is 1. The van der Waals surface area contributed by atoms with Gasteiger partial charge in [0.05, 0.1) is 4.92 Å². The fraction of sp³-hybridized carbons (Fsp3) is 0.231. The molecule has 0 atom stereocenters. The maximum absolute atomic E-state index is 10.7. The molecule has 0 saturated carbocycles. The third-order valence-corrected chi connectivity index (χ3v) is 2.97. The van der Waals surface area contributed by atoms with E-state index in [1.807, 2.05) is 16.9 Å². The van der Waals surface area contributed by atoms with E-state index in [0.717, 1.165) is 13.0 Å². The molecule has 0 bridgehead atoms. The van der Waals surface area contributed by atoms with Crippen molar-refractivity contribution in [1.82, 2.24) is 15.1 Å². The molecule has 1 aromatic heterocycles. The average molecular weight is 305 g/mol. The van der Waals surface area contributed by atoms with E-state index < -0.39 is 4.92 Å². The molecule has 0 unspecified atom stereocenters. The number of aromatic nitrogens is 2. The monoisotopic (exact) mass is 305 g/mol. The molecule has 0 radical (unpaired) electrons. The second-order valence-corrected chi connectivity index (χ2v) is 4.72. The standard InChI is InChI=1S/C13H15N5O2S/c19-18(20)12-5-1-4-11(10-12)16-13(21)14-6-2-8-17-9-3-7-15-17/h1,3-5,7,9-10H,2,6,8H2,(H2,14,16,21). The summed E-state index contributed by atoms with van der Waals surface area (Å²) in [5.41, 5.74) is 0.621. The molecule has 0 fully saturated rings. The maximum Gasteiger partial charge on any atom is 0.271 e. The van der Waals surface area contributed by atoms with Gasteiger partial charge in [0.2, 0.25) is 0 Å². The highest BCUT2D eigenvalue weighted by molar-refractivity contribution is 7.80. The lowest BCUT2D eigenvalue weighted by Crippen LogP contribution is -2.29. The number of nitrogens with one attached hydrogen (secondary N) is 2. The summed E-state index contributed by atoms with van der Waals surface area (Å²) in [6, 6.07) is 8.09. The minimum absolute atomic E-state index is 0.0292. The van der Waals surface area contributed by atoms with E-state index in [2.05, 4.69) is 15.7 Å². The first-order chi connectivity index (χ1) is 10.1. The topological polar surface area (TPSA) is 85.0 Å². The van der Waals surface area contributed by atoms with Crippen LogP contribution in [0, 0.1) is 10.1 Å². The van der Waals surface area contributed by atoms with Crippen LogP contribution in [0.3, 0.4) is 0 Å². The number of non-ortho nitro benzene ring substituents is 1. The summed E-state index contributed by atoms with van der Waals surface area (Å²) in [6.07, 6.45) is 4.51. The lowest BCUT2D eigenvalue weighted by Gasteiger charge is -2.10. The van der Waals surface area contributed by atoms with Crippen molar-refractivity contribution < 1.29 is 4.92 Å². The van der Waals surface area contributed by atoms with Gasteiger partial charge in [0.25, 0.3) is 5.69 Å². The molecule has 2 rings (SSSR count). The summed E-state index contributed by atoms with van der Waals surface area (Å²) in [5, 5.41) is 21.2. The third-order valence-electron chi connectivity index (χ3n) is 2.72. The molecule has 0 aliphatic carbocycles. The largest absolute Gasteiger partial charge is 0.362 e. The smallest absolute Gasteiger partial charge is 0.271 e. The Bertz CT molecular complexity index is 615. The molecule has 21 heavy (non-hydrogen) atoms. The van der Waals surface area contributed by atoms with Crippen LogP contribution in [0.25, 0.3) is 0 Å². The van der Waals surface area contributed by atoms with E-state index in [1.165, 1.54) is 12.1 Å². The molecule has 110 valence electrons. The van der Waals surface area contributed by atoms with Crippen LogP contribution in [-0.2, 0) is 6.54 Å². The van der Waals surface area contributed by atoms with E-state index in [0.29, 0.717) is 17.3 Å². The van der Waals surface area contributed by atoms with Gasteiger partial charge in [0.1, 0.15) is 0 Å². The van der Waals surface area contributed by atoms with Crippen molar-refractivity contribution in [3.05, 3.63) is 52.8 Å². The minimum atomic E-state index is -0.439. The number of nitrogens with zero attached hydrogens (tertiary/aromatic N) is 3. The van der Waals surface area contributed by atoms with Crippen molar-refractivity contribution in [1.29, 1.82) is 0 Å². The fourth-order valence-corrected chi connectivity index (χ4v) is 1.97. The predicted molar refractivity (Wildman–Crippen MR) is 84.2 cm³/mol. The molecule has 8 heteroatoms. The highest BCUT2D eigenvalue weighted by atomic mass is 32.1. The summed E-state index contributed by atoms with van der Waals surface area (Å²) < 4.78 is 1.85. The highest BCUT2D eigenvalue weighted by Gasteiger charge is 2.06. The number of thiocarbonyl (C=S) groups is 1. The molecular weight excluding hydrogens is 290 g/mol. The Kier molecular flexibility index (Phi) is 5.22. The van der Waals surface area contributed by atoms with Gasteiger partial charge in [-0.3, -0.25) is 14.8 Å². The molecule has 0 aliphatic heterocycles. The predicted octanol–water partition coefficient (Wildman–Crippen LogP) is 2.17. The van der Waals surface area contributed by atoms with Crippen molar-refractivity contribution in [3.8, 4) is 0 Å². The van der Waals surface area contributed by atoms with Gasteiger partial charge < -0.3 is 10.6 Å². The summed E-state index contributed by atoms with van der Waals surface area (Å²) in [4.78, 5) is 10.2. The Labute approximate surface area is 127 Å². The van der Waals surface area contributed by atoms with Crippen molar-refractivity contribution in [2.45, 2.75) is 13.0 Å². The molecule has 2 aromatic rings. The zero-order chi connectivity index (χ0) is 15.1. The molecule has 7 nitrogen and oxygen atoms in total. The quantitative estimate of drug-likeness (QED) is 0.368. The van der Waals surface area contributed by atoms with Crippen LogP contribution >= 0.6 is 12.2 Å². The molecule has 0 saturated heterocycles. The van der Waals surface area contributed by atoms with Gasteiger partial charge in [0, 0.05) is 43.3 Å². The SMILES string of the molecule is O=[N+]([O-])c1cccc(NC(=S)NCCCn2cccn2)c1. The zero-order valence-corrected chi connectivity index (χ0v) is 12.0. The first-order valence-corrected chi connectivity index (χ1v) is 6.83. The molecule has 0 amide bonds. The molecule has 0 spiro atoms. The van der Waals surface area contributed by atoms with Gasteiger partial charge in [0.15, 0.2) is 5.11 Å². The van der Waals surface area contributed by atoms with Crippen LogP contribution in [-0.4, -0.2) is 26.4 Å². The van der Waals surface area contributed by atoms with Crippen LogP contribution in [0.2, 0.25) is 0 Å². The van der Waals surface area contributed by atoms with Crippen LogP contribution < -0.4 is 10.6 Å². The summed E-state index contributed by atoms with van der Waals surface area (Å²) in [7, 11) is 0. The first-order valence-electron chi connectivity index (χ1n) is 6.42. The lowest BCUT2D eigenvalue weighted by molar-refractivity contribution is -0.384. The second kappa shape index (κ2) is 7.34.